The monoisotopic (exact) mass is 379 g/mol. The van der Waals surface area contributed by atoms with E-state index in [1.807, 2.05) is 17.5 Å². The number of nitrogens with zero attached hydrogens (tertiary/aromatic N) is 1. The molecule has 3 N–H and O–H groups in total. The Hall–Kier alpha value is -3.16. The fourth-order valence-electron chi connectivity index (χ4n) is 3.14. The summed E-state index contributed by atoms with van der Waals surface area (Å²) >= 11 is 1.50. The van der Waals surface area contributed by atoms with Crippen LogP contribution < -0.4 is 15.5 Å². The molecule has 0 fully saturated rings. The molecule has 2 aromatic carbocycles. The van der Waals surface area contributed by atoms with Crippen molar-refractivity contribution in [3.63, 3.8) is 0 Å². The van der Waals surface area contributed by atoms with Crippen LogP contribution in [-0.2, 0) is 17.1 Å². The Morgan fingerprint density at radius 3 is 2.56 bits per heavy atom. The summed E-state index contributed by atoms with van der Waals surface area (Å²) in [5, 5.41) is 19.0. The highest BCUT2D eigenvalue weighted by molar-refractivity contribution is 7.09. The highest BCUT2D eigenvalue weighted by atomic mass is 32.1. The number of hydrogen-bond acceptors (Lipinski definition) is 4. The molecule has 1 atom stereocenters. The largest absolute Gasteiger partial charge is 0.359 e. The zero-order valence-corrected chi connectivity index (χ0v) is 15.1. The van der Waals surface area contributed by atoms with Gasteiger partial charge in [0.15, 0.2) is 0 Å². The molecule has 136 valence electrons. The summed E-state index contributed by atoms with van der Waals surface area (Å²) in [6.07, 6.45) is 0. The lowest BCUT2D eigenvalue weighted by atomic mass is 9.95. The van der Waals surface area contributed by atoms with E-state index >= 15 is 0 Å². The van der Waals surface area contributed by atoms with E-state index in [0.29, 0.717) is 16.9 Å². The van der Waals surface area contributed by atoms with E-state index < -0.39 is 17.7 Å². The van der Waals surface area contributed by atoms with Crippen LogP contribution in [-0.4, -0.2) is 17.0 Å². The second-order valence-electron chi connectivity index (χ2n) is 6.08. The molecule has 0 unspecified atom stereocenters. The Kier molecular flexibility index (Phi) is 4.39. The van der Waals surface area contributed by atoms with Gasteiger partial charge in [0.1, 0.15) is 0 Å². The van der Waals surface area contributed by atoms with E-state index in [1.165, 1.54) is 11.3 Å². The lowest BCUT2D eigenvalue weighted by Crippen LogP contribution is -2.62. The third kappa shape index (κ3) is 2.97. The summed E-state index contributed by atoms with van der Waals surface area (Å²) in [5.74, 6) is -0.665. The zero-order chi connectivity index (χ0) is 18.9. The highest BCUT2D eigenvalue weighted by Crippen LogP contribution is 2.39. The first-order valence-corrected chi connectivity index (χ1v) is 9.27. The van der Waals surface area contributed by atoms with Crippen molar-refractivity contribution < 1.29 is 14.7 Å². The number of carbonyl (C=O) groups is 2. The van der Waals surface area contributed by atoms with E-state index in [-0.39, 0.29) is 6.54 Å². The van der Waals surface area contributed by atoms with Gasteiger partial charge in [-0.05, 0) is 29.6 Å². The first-order chi connectivity index (χ1) is 13.1. The van der Waals surface area contributed by atoms with Crippen molar-refractivity contribution >= 4 is 34.6 Å². The van der Waals surface area contributed by atoms with Gasteiger partial charge < -0.3 is 15.7 Å². The smallest absolute Gasteiger partial charge is 0.329 e. The molecule has 0 saturated carbocycles. The average Bonchev–Trinajstić information content (AvgIpc) is 3.20. The van der Waals surface area contributed by atoms with Gasteiger partial charge in [0.05, 0.1) is 12.2 Å². The SMILES string of the molecule is O=C1Nc2ccccc2[C@@](O)(C(=O)NCc2cccs2)N1c1ccccc1. The zero-order valence-electron chi connectivity index (χ0n) is 14.3. The normalized spacial score (nSPS) is 18.6. The van der Waals surface area contributed by atoms with Gasteiger partial charge in [-0.1, -0.05) is 42.5 Å². The number of anilines is 2. The van der Waals surface area contributed by atoms with E-state index in [9.17, 15) is 14.7 Å². The van der Waals surface area contributed by atoms with Crippen LogP contribution >= 0.6 is 11.3 Å². The van der Waals surface area contributed by atoms with Gasteiger partial charge in [0.25, 0.3) is 11.6 Å². The summed E-state index contributed by atoms with van der Waals surface area (Å²) in [6, 6.07) is 18.6. The highest BCUT2D eigenvalue weighted by Gasteiger charge is 2.51. The number of urea groups is 1. The molecule has 27 heavy (non-hydrogen) atoms. The van der Waals surface area contributed by atoms with Crippen LogP contribution in [0.4, 0.5) is 16.2 Å². The number of benzene rings is 2. The quantitative estimate of drug-likeness (QED) is 0.651. The number of carbonyl (C=O) groups excluding carboxylic acids is 2. The van der Waals surface area contributed by atoms with Crippen molar-refractivity contribution in [2.24, 2.45) is 0 Å². The minimum Gasteiger partial charge on any atom is -0.359 e. The van der Waals surface area contributed by atoms with Gasteiger partial charge in [0.2, 0.25) is 0 Å². The Balaban J connectivity index is 1.78. The van der Waals surface area contributed by atoms with Crippen molar-refractivity contribution in [3.8, 4) is 0 Å². The van der Waals surface area contributed by atoms with Gasteiger partial charge in [-0.3, -0.25) is 9.69 Å². The fraction of sp³-hybridized carbons (Fsp3) is 0.100. The van der Waals surface area contributed by atoms with Crippen LogP contribution in [0.5, 0.6) is 0 Å². The third-order valence-electron chi connectivity index (χ3n) is 4.41. The third-order valence-corrected chi connectivity index (χ3v) is 5.28. The van der Waals surface area contributed by atoms with E-state index in [2.05, 4.69) is 10.6 Å². The topological polar surface area (TPSA) is 81.7 Å². The molecule has 0 aliphatic carbocycles. The van der Waals surface area contributed by atoms with Crippen LogP contribution in [0.2, 0.25) is 0 Å². The summed E-state index contributed by atoms with van der Waals surface area (Å²) < 4.78 is 0. The van der Waals surface area contributed by atoms with E-state index in [1.54, 1.807) is 54.6 Å². The predicted octanol–water partition coefficient (Wildman–Crippen LogP) is 3.26. The first kappa shape index (κ1) is 17.3. The summed E-state index contributed by atoms with van der Waals surface area (Å²) in [7, 11) is 0. The lowest BCUT2D eigenvalue weighted by Gasteiger charge is -2.42. The minimum atomic E-state index is -2.17. The van der Waals surface area contributed by atoms with Crippen molar-refractivity contribution in [1.82, 2.24) is 5.32 Å². The molecule has 0 radical (unpaired) electrons. The fourth-order valence-corrected chi connectivity index (χ4v) is 3.79. The molecular formula is C20H17N3O3S. The number of hydrogen-bond donors (Lipinski definition) is 3. The van der Waals surface area contributed by atoms with Crippen molar-refractivity contribution in [2.75, 3.05) is 10.2 Å². The van der Waals surface area contributed by atoms with Gasteiger partial charge in [-0.25, -0.2) is 4.79 Å². The first-order valence-electron chi connectivity index (χ1n) is 8.39. The Bertz CT molecular complexity index is 975. The number of rotatable bonds is 4. The van der Waals surface area contributed by atoms with Crippen LogP contribution in [0.1, 0.15) is 10.4 Å². The number of fused-ring (bicyclic) bond motifs is 1. The molecule has 0 spiro atoms. The Labute approximate surface area is 160 Å². The van der Waals surface area contributed by atoms with Crippen LogP contribution in [0.25, 0.3) is 0 Å². The summed E-state index contributed by atoms with van der Waals surface area (Å²) in [6.45, 7) is 0.269. The number of thiophene rings is 1. The van der Waals surface area contributed by atoms with Crippen molar-refractivity contribution in [1.29, 1.82) is 0 Å². The molecule has 1 aliphatic rings. The van der Waals surface area contributed by atoms with Crippen LogP contribution in [0.3, 0.4) is 0 Å². The molecule has 3 amide bonds. The summed E-state index contributed by atoms with van der Waals surface area (Å²) in [5.41, 5.74) is -1.03. The molecule has 7 heteroatoms. The maximum Gasteiger partial charge on any atom is 0.329 e. The van der Waals surface area contributed by atoms with Gasteiger partial charge in [0, 0.05) is 16.1 Å². The van der Waals surface area contributed by atoms with Gasteiger partial charge in [-0.2, -0.15) is 0 Å². The molecule has 1 aromatic heterocycles. The Morgan fingerprint density at radius 1 is 1.07 bits per heavy atom. The van der Waals surface area contributed by atoms with E-state index in [0.717, 1.165) is 9.78 Å². The van der Waals surface area contributed by atoms with Crippen LogP contribution in [0, 0.1) is 0 Å². The second-order valence-corrected chi connectivity index (χ2v) is 7.11. The molecule has 3 aromatic rings. The molecule has 6 nitrogen and oxygen atoms in total. The second kappa shape index (κ2) is 6.86. The molecule has 0 saturated heterocycles. The maximum atomic E-state index is 13.1. The standard InChI is InChI=1S/C20H17N3O3S/c24-18(21-13-15-9-6-12-27-15)20(26)16-10-4-5-11-17(16)22-19(25)23(20)14-7-2-1-3-8-14/h1-12,26H,13H2,(H,21,24)(H,22,25)/t20-/m1/s1. The molecule has 0 bridgehead atoms. The average molecular weight is 379 g/mol. The minimum absolute atomic E-state index is 0.269. The number of aliphatic hydroxyl groups is 1. The predicted molar refractivity (Wildman–Crippen MR) is 104 cm³/mol. The van der Waals surface area contributed by atoms with Gasteiger partial charge in [-0.15, -0.1) is 11.3 Å². The number of amides is 3. The molecule has 1 aliphatic heterocycles. The molecule has 2 heterocycles. The van der Waals surface area contributed by atoms with Gasteiger partial charge >= 0.3 is 6.03 Å². The van der Waals surface area contributed by atoms with Crippen molar-refractivity contribution in [3.05, 3.63) is 82.6 Å². The molecular weight excluding hydrogens is 362 g/mol. The lowest BCUT2D eigenvalue weighted by molar-refractivity contribution is -0.140. The van der Waals surface area contributed by atoms with Crippen LogP contribution in [0.15, 0.2) is 72.1 Å². The Morgan fingerprint density at radius 2 is 1.81 bits per heavy atom. The number of nitrogens with one attached hydrogen (secondary N) is 2. The number of para-hydroxylation sites is 2. The molecule has 4 rings (SSSR count). The van der Waals surface area contributed by atoms with Crippen molar-refractivity contribution in [2.45, 2.75) is 12.3 Å². The maximum absolute atomic E-state index is 13.1. The van der Waals surface area contributed by atoms with E-state index in [4.69, 9.17) is 0 Å². The summed E-state index contributed by atoms with van der Waals surface area (Å²) in [4.78, 5) is 27.9.